The van der Waals surface area contributed by atoms with Crippen molar-refractivity contribution >= 4 is 11.6 Å². The fourth-order valence-corrected chi connectivity index (χ4v) is 1.60. The molecular formula is C10H11ClF3N. The minimum absolute atomic E-state index is 0.154. The third-order valence-electron chi connectivity index (χ3n) is 2.05. The van der Waals surface area contributed by atoms with E-state index in [1.807, 2.05) is 0 Å². The standard InChI is InChI=1S/C10H11ClF3N/c1-15-6-5-7-8(10(12,13)14)3-2-4-9(7)11/h2-4,15H,5-6H2,1H3. The van der Waals surface area contributed by atoms with Gasteiger partial charge in [-0.15, -0.1) is 0 Å². The second-order valence-electron chi connectivity index (χ2n) is 3.12. The molecule has 0 amide bonds. The zero-order valence-corrected chi connectivity index (χ0v) is 8.91. The van der Waals surface area contributed by atoms with Gasteiger partial charge in [-0.1, -0.05) is 17.7 Å². The van der Waals surface area contributed by atoms with Crippen molar-refractivity contribution in [2.45, 2.75) is 12.6 Å². The van der Waals surface area contributed by atoms with Crippen molar-refractivity contribution in [2.24, 2.45) is 0 Å². The Morgan fingerprint density at radius 3 is 2.53 bits per heavy atom. The van der Waals surface area contributed by atoms with Crippen LogP contribution in [-0.4, -0.2) is 13.6 Å². The van der Waals surface area contributed by atoms with Crippen molar-refractivity contribution in [3.05, 3.63) is 34.3 Å². The lowest BCUT2D eigenvalue weighted by atomic mass is 10.0. The summed E-state index contributed by atoms with van der Waals surface area (Å²) in [6, 6.07) is 3.84. The molecular weight excluding hydrogens is 227 g/mol. The molecule has 0 saturated carbocycles. The Morgan fingerprint density at radius 1 is 1.33 bits per heavy atom. The van der Waals surface area contributed by atoms with Crippen molar-refractivity contribution in [3.8, 4) is 0 Å². The molecule has 0 spiro atoms. The van der Waals surface area contributed by atoms with Crippen LogP contribution in [0.5, 0.6) is 0 Å². The highest BCUT2D eigenvalue weighted by atomic mass is 35.5. The molecule has 0 fully saturated rings. The Labute approximate surface area is 91.2 Å². The predicted molar refractivity (Wildman–Crippen MR) is 54.1 cm³/mol. The number of rotatable bonds is 3. The molecule has 1 N–H and O–H groups in total. The first-order valence-electron chi connectivity index (χ1n) is 4.46. The quantitative estimate of drug-likeness (QED) is 0.852. The summed E-state index contributed by atoms with van der Waals surface area (Å²) in [4.78, 5) is 0. The molecule has 0 aliphatic heterocycles. The van der Waals surface area contributed by atoms with Gasteiger partial charge in [-0.3, -0.25) is 0 Å². The van der Waals surface area contributed by atoms with Gasteiger partial charge in [-0.05, 0) is 37.7 Å². The van der Waals surface area contributed by atoms with E-state index < -0.39 is 11.7 Å². The maximum Gasteiger partial charge on any atom is 0.416 e. The summed E-state index contributed by atoms with van der Waals surface area (Å²) in [5, 5.41) is 2.96. The monoisotopic (exact) mass is 237 g/mol. The Bertz CT molecular complexity index is 336. The zero-order valence-electron chi connectivity index (χ0n) is 8.16. The number of likely N-dealkylation sites (N-methyl/N-ethyl adjacent to an activating group) is 1. The second-order valence-corrected chi connectivity index (χ2v) is 3.52. The topological polar surface area (TPSA) is 12.0 Å². The molecule has 0 unspecified atom stereocenters. The Kier molecular flexibility index (Phi) is 3.99. The van der Waals surface area contributed by atoms with E-state index in [4.69, 9.17) is 11.6 Å². The van der Waals surface area contributed by atoms with Crippen LogP contribution in [0.1, 0.15) is 11.1 Å². The summed E-state index contributed by atoms with van der Waals surface area (Å²) in [6.45, 7) is 0.465. The molecule has 0 atom stereocenters. The molecule has 1 aromatic carbocycles. The molecule has 1 rings (SSSR count). The first-order chi connectivity index (χ1) is 6.96. The van der Waals surface area contributed by atoms with Crippen LogP contribution in [0.4, 0.5) is 13.2 Å². The van der Waals surface area contributed by atoms with Crippen molar-refractivity contribution < 1.29 is 13.2 Å². The van der Waals surface area contributed by atoms with Gasteiger partial charge >= 0.3 is 6.18 Å². The minimum atomic E-state index is -4.34. The van der Waals surface area contributed by atoms with E-state index in [-0.39, 0.29) is 17.0 Å². The summed E-state index contributed by atoms with van der Waals surface area (Å²) in [6.07, 6.45) is -4.07. The van der Waals surface area contributed by atoms with E-state index in [1.54, 1.807) is 7.05 Å². The molecule has 84 valence electrons. The summed E-state index contributed by atoms with van der Waals surface area (Å²) >= 11 is 5.74. The maximum atomic E-state index is 12.6. The SMILES string of the molecule is CNCCc1c(Cl)cccc1C(F)(F)F. The highest BCUT2D eigenvalue weighted by Gasteiger charge is 2.33. The average molecular weight is 238 g/mol. The zero-order chi connectivity index (χ0) is 11.5. The highest BCUT2D eigenvalue weighted by Crippen LogP contribution is 2.34. The van der Waals surface area contributed by atoms with E-state index in [0.717, 1.165) is 6.07 Å². The van der Waals surface area contributed by atoms with Crippen molar-refractivity contribution in [2.75, 3.05) is 13.6 Å². The largest absolute Gasteiger partial charge is 0.416 e. The van der Waals surface area contributed by atoms with Gasteiger partial charge in [0.15, 0.2) is 0 Å². The molecule has 0 bridgehead atoms. The second kappa shape index (κ2) is 4.86. The fraction of sp³-hybridized carbons (Fsp3) is 0.400. The van der Waals surface area contributed by atoms with Crippen LogP contribution in [0.3, 0.4) is 0 Å². The van der Waals surface area contributed by atoms with E-state index in [9.17, 15) is 13.2 Å². The Hall–Kier alpha value is -0.740. The third-order valence-corrected chi connectivity index (χ3v) is 2.40. The maximum absolute atomic E-state index is 12.6. The van der Waals surface area contributed by atoms with Crippen LogP contribution in [0.2, 0.25) is 5.02 Å². The molecule has 0 radical (unpaired) electrons. The first kappa shape index (κ1) is 12.3. The van der Waals surface area contributed by atoms with Gasteiger partial charge in [0.2, 0.25) is 0 Å². The van der Waals surface area contributed by atoms with Gasteiger partial charge in [-0.25, -0.2) is 0 Å². The molecule has 1 aromatic rings. The van der Waals surface area contributed by atoms with Gasteiger partial charge in [0, 0.05) is 5.02 Å². The van der Waals surface area contributed by atoms with Crippen molar-refractivity contribution in [3.63, 3.8) is 0 Å². The molecule has 15 heavy (non-hydrogen) atoms. The average Bonchev–Trinajstić information content (AvgIpc) is 2.14. The Balaban J connectivity index is 3.09. The van der Waals surface area contributed by atoms with Gasteiger partial charge in [0.25, 0.3) is 0 Å². The predicted octanol–water partition coefficient (Wildman–Crippen LogP) is 3.12. The lowest BCUT2D eigenvalue weighted by Gasteiger charge is -2.13. The minimum Gasteiger partial charge on any atom is -0.319 e. The first-order valence-corrected chi connectivity index (χ1v) is 4.84. The molecule has 1 nitrogen and oxygen atoms in total. The molecule has 0 aliphatic rings. The number of hydrogen-bond acceptors (Lipinski definition) is 1. The number of alkyl halides is 3. The van der Waals surface area contributed by atoms with E-state index >= 15 is 0 Å². The summed E-state index contributed by atoms with van der Waals surface area (Å²) in [7, 11) is 1.68. The number of halogens is 4. The fourth-order valence-electron chi connectivity index (χ4n) is 1.33. The normalized spacial score (nSPS) is 11.8. The van der Waals surface area contributed by atoms with Crippen molar-refractivity contribution in [1.29, 1.82) is 0 Å². The van der Waals surface area contributed by atoms with E-state index in [2.05, 4.69) is 5.32 Å². The number of hydrogen-bond donors (Lipinski definition) is 1. The van der Waals surface area contributed by atoms with Crippen LogP contribution in [0.25, 0.3) is 0 Å². The van der Waals surface area contributed by atoms with Crippen LogP contribution < -0.4 is 5.32 Å². The summed E-state index contributed by atoms with van der Waals surface area (Å²) in [5.41, 5.74) is -0.494. The van der Waals surface area contributed by atoms with Gasteiger partial charge in [0.05, 0.1) is 5.56 Å². The molecule has 0 aliphatic carbocycles. The molecule has 5 heteroatoms. The van der Waals surface area contributed by atoms with Crippen LogP contribution in [-0.2, 0) is 12.6 Å². The lowest BCUT2D eigenvalue weighted by Crippen LogP contribution is -2.15. The smallest absolute Gasteiger partial charge is 0.319 e. The van der Waals surface area contributed by atoms with Gasteiger partial charge < -0.3 is 5.32 Å². The summed E-state index contributed by atoms with van der Waals surface area (Å²) < 4.78 is 37.7. The van der Waals surface area contributed by atoms with Crippen molar-refractivity contribution in [1.82, 2.24) is 5.32 Å². The molecule has 0 heterocycles. The third kappa shape index (κ3) is 3.11. The number of nitrogens with one attached hydrogen (secondary N) is 1. The molecule has 0 aromatic heterocycles. The molecule has 0 saturated heterocycles. The van der Waals surface area contributed by atoms with Gasteiger partial charge in [0.1, 0.15) is 0 Å². The number of benzene rings is 1. The van der Waals surface area contributed by atoms with E-state index in [1.165, 1.54) is 12.1 Å². The van der Waals surface area contributed by atoms with Gasteiger partial charge in [-0.2, -0.15) is 13.2 Å². The van der Waals surface area contributed by atoms with Crippen LogP contribution in [0.15, 0.2) is 18.2 Å². The van der Waals surface area contributed by atoms with Crippen LogP contribution in [0, 0.1) is 0 Å². The van der Waals surface area contributed by atoms with Crippen LogP contribution >= 0.6 is 11.6 Å². The summed E-state index contributed by atoms with van der Waals surface area (Å²) in [5.74, 6) is 0. The highest BCUT2D eigenvalue weighted by molar-refractivity contribution is 6.31. The lowest BCUT2D eigenvalue weighted by molar-refractivity contribution is -0.138. The Morgan fingerprint density at radius 2 is 2.00 bits per heavy atom. The van der Waals surface area contributed by atoms with E-state index in [0.29, 0.717) is 6.54 Å².